The highest BCUT2D eigenvalue weighted by molar-refractivity contribution is 7.19. The third kappa shape index (κ3) is 2.04. The monoisotopic (exact) mass is 279 g/mol. The maximum Gasteiger partial charge on any atom is 0.235 e. The van der Waals surface area contributed by atoms with E-state index in [4.69, 9.17) is 10.5 Å². The summed E-state index contributed by atoms with van der Waals surface area (Å²) in [5, 5.41) is 12.9. The standard InChI is InChI=1S/C11H10FN5OS/c1-18-5-9-14-15-11-17(9)16-10(19-11)7-4-6(12)2-3-8(7)13/h2-4H,5,13H2,1H3. The molecule has 0 atom stereocenters. The Bertz CT molecular complexity index is 738. The number of hydrogen-bond donors (Lipinski definition) is 1. The van der Waals surface area contributed by atoms with Crippen LogP contribution in [0.15, 0.2) is 18.2 Å². The molecule has 2 aromatic heterocycles. The zero-order chi connectivity index (χ0) is 13.4. The van der Waals surface area contributed by atoms with Crippen molar-refractivity contribution in [2.75, 3.05) is 12.8 Å². The highest BCUT2D eigenvalue weighted by Gasteiger charge is 2.14. The van der Waals surface area contributed by atoms with Gasteiger partial charge in [-0.2, -0.15) is 9.61 Å². The number of aromatic nitrogens is 4. The fourth-order valence-corrected chi connectivity index (χ4v) is 2.60. The van der Waals surface area contributed by atoms with E-state index in [-0.39, 0.29) is 5.82 Å². The molecule has 2 N–H and O–H groups in total. The summed E-state index contributed by atoms with van der Waals surface area (Å²) in [7, 11) is 1.57. The second-order valence-electron chi connectivity index (χ2n) is 3.88. The molecular weight excluding hydrogens is 269 g/mol. The van der Waals surface area contributed by atoms with E-state index in [1.165, 1.54) is 29.5 Å². The summed E-state index contributed by atoms with van der Waals surface area (Å²) in [4.78, 5) is 0.616. The van der Waals surface area contributed by atoms with Gasteiger partial charge in [-0.05, 0) is 18.2 Å². The Labute approximate surface area is 111 Å². The molecule has 2 heterocycles. The molecule has 3 rings (SSSR count). The molecule has 0 radical (unpaired) electrons. The molecule has 0 saturated heterocycles. The number of ether oxygens (including phenoxy) is 1. The van der Waals surface area contributed by atoms with Crippen LogP contribution >= 0.6 is 11.3 Å². The third-order valence-electron chi connectivity index (χ3n) is 2.57. The van der Waals surface area contributed by atoms with E-state index < -0.39 is 0 Å². The van der Waals surface area contributed by atoms with Crippen LogP contribution in [0.2, 0.25) is 0 Å². The van der Waals surface area contributed by atoms with Crippen molar-refractivity contribution in [2.24, 2.45) is 0 Å². The van der Waals surface area contributed by atoms with Crippen LogP contribution in [0.5, 0.6) is 0 Å². The van der Waals surface area contributed by atoms with E-state index in [0.717, 1.165) is 0 Å². The Hall–Kier alpha value is -2.06. The van der Waals surface area contributed by atoms with Crippen molar-refractivity contribution < 1.29 is 9.13 Å². The molecule has 0 spiro atoms. The molecule has 8 heteroatoms. The lowest BCUT2D eigenvalue weighted by molar-refractivity contribution is 0.176. The summed E-state index contributed by atoms with van der Waals surface area (Å²) in [6, 6.07) is 4.19. The van der Waals surface area contributed by atoms with E-state index in [0.29, 0.717) is 33.7 Å². The van der Waals surface area contributed by atoms with Crippen LogP contribution in [0.3, 0.4) is 0 Å². The minimum absolute atomic E-state index is 0.309. The van der Waals surface area contributed by atoms with Gasteiger partial charge in [0, 0.05) is 18.4 Å². The van der Waals surface area contributed by atoms with Gasteiger partial charge in [0.1, 0.15) is 17.4 Å². The smallest absolute Gasteiger partial charge is 0.235 e. The van der Waals surface area contributed by atoms with Gasteiger partial charge >= 0.3 is 0 Å². The average molecular weight is 279 g/mol. The van der Waals surface area contributed by atoms with Crippen LogP contribution in [0, 0.1) is 5.82 Å². The largest absolute Gasteiger partial charge is 0.398 e. The number of nitrogens with zero attached hydrogens (tertiary/aromatic N) is 4. The molecule has 98 valence electrons. The average Bonchev–Trinajstić information content (AvgIpc) is 2.95. The molecule has 0 aliphatic heterocycles. The molecule has 6 nitrogen and oxygen atoms in total. The second kappa shape index (κ2) is 4.56. The van der Waals surface area contributed by atoms with E-state index in [1.54, 1.807) is 11.6 Å². The minimum atomic E-state index is -0.354. The van der Waals surface area contributed by atoms with Crippen molar-refractivity contribution >= 4 is 22.0 Å². The van der Waals surface area contributed by atoms with Crippen molar-refractivity contribution in [2.45, 2.75) is 6.61 Å². The number of rotatable bonds is 3. The first-order chi connectivity index (χ1) is 9.19. The zero-order valence-corrected chi connectivity index (χ0v) is 10.8. The highest BCUT2D eigenvalue weighted by atomic mass is 32.1. The first kappa shape index (κ1) is 12.0. The van der Waals surface area contributed by atoms with Gasteiger partial charge in [-0.3, -0.25) is 0 Å². The molecule has 0 aliphatic rings. The van der Waals surface area contributed by atoms with E-state index in [9.17, 15) is 4.39 Å². The van der Waals surface area contributed by atoms with Crippen LogP contribution in [-0.4, -0.2) is 26.9 Å². The van der Waals surface area contributed by atoms with Crippen molar-refractivity contribution in [3.05, 3.63) is 29.8 Å². The number of nitrogen functional groups attached to an aromatic ring is 1. The molecule has 0 fully saturated rings. The Morgan fingerprint density at radius 2 is 2.26 bits per heavy atom. The van der Waals surface area contributed by atoms with Crippen LogP contribution in [0.1, 0.15) is 5.82 Å². The lowest BCUT2D eigenvalue weighted by Crippen LogP contribution is -1.98. The number of anilines is 1. The van der Waals surface area contributed by atoms with E-state index >= 15 is 0 Å². The number of hydrogen-bond acceptors (Lipinski definition) is 6. The zero-order valence-electron chi connectivity index (χ0n) is 10.00. The maximum atomic E-state index is 13.3. The summed E-state index contributed by atoms with van der Waals surface area (Å²) in [5.41, 5.74) is 6.87. The molecule has 19 heavy (non-hydrogen) atoms. The fraction of sp³-hybridized carbons (Fsp3) is 0.182. The predicted molar refractivity (Wildman–Crippen MR) is 69.2 cm³/mol. The van der Waals surface area contributed by atoms with Gasteiger partial charge in [0.05, 0.1) is 0 Å². The van der Waals surface area contributed by atoms with Crippen LogP contribution < -0.4 is 5.73 Å². The lowest BCUT2D eigenvalue weighted by Gasteiger charge is -2.00. The van der Waals surface area contributed by atoms with Gasteiger partial charge in [-0.25, -0.2) is 4.39 Å². The van der Waals surface area contributed by atoms with Gasteiger partial charge in [-0.15, -0.1) is 10.2 Å². The Balaban J connectivity index is 2.12. The molecule has 0 unspecified atom stereocenters. The van der Waals surface area contributed by atoms with Crippen molar-refractivity contribution in [3.8, 4) is 10.6 Å². The summed E-state index contributed by atoms with van der Waals surface area (Å²) < 4.78 is 19.9. The number of methoxy groups -OCH3 is 1. The van der Waals surface area contributed by atoms with Crippen molar-refractivity contribution in [3.63, 3.8) is 0 Å². The number of nitrogens with two attached hydrogens (primary N) is 1. The minimum Gasteiger partial charge on any atom is -0.398 e. The fourth-order valence-electron chi connectivity index (χ4n) is 1.70. The van der Waals surface area contributed by atoms with Gasteiger partial charge in [-0.1, -0.05) is 11.3 Å². The normalized spacial score (nSPS) is 11.3. The molecule has 3 aromatic rings. The third-order valence-corrected chi connectivity index (χ3v) is 3.51. The summed E-state index contributed by atoms with van der Waals surface area (Å²) in [6.45, 7) is 0.309. The van der Waals surface area contributed by atoms with Crippen molar-refractivity contribution in [1.82, 2.24) is 19.8 Å². The van der Waals surface area contributed by atoms with Gasteiger partial charge in [0.15, 0.2) is 5.82 Å². The first-order valence-electron chi connectivity index (χ1n) is 5.44. The summed E-state index contributed by atoms with van der Waals surface area (Å²) in [6.07, 6.45) is 0. The summed E-state index contributed by atoms with van der Waals surface area (Å²) >= 11 is 1.30. The number of fused-ring (bicyclic) bond motifs is 1. The summed E-state index contributed by atoms with van der Waals surface area (Å²) in [5.74, 6) is 0.238. The van der Waals surface area contributed by atoms with E-state index in [1.807, 2.05) is 0 Å². The maximum absolute atomic E-state index is 13.3. The molecule has 0 aliphatic carbocycles. The Kier molecular flexibility index (Phi) is 2.88. The quantitative estimate of drug-likeness (QED) is 0.738. The predicted octanol–water partition coefficient (Wildman–Crippen LogP) is 1.72. The van der Waals surface area contributed by atoms with E-state index in [2.05, 4.69) is 15.3 Å². The Morgan fingerprint density at radius 1 is 1.42 bits per heavy atom. The van der Waals surface area contributed by atoms with Gasteiger partial charge < -0.3 is 10.5 Å². The lowest BCUT2D eigenvalue weighted by atomic mass is 10.2. The molecule has 1 aromatic carbocycles. The second-order valence-corrected chi connectivity index (χ2v) is 4.84. The first-order valence-corrected chi connectivity index (χ1v) is 6.26. The molecular formula is C11H10FN5OS. The number of halogens is 1. The van der Waals surface area contributed by atoms with Gasteiger partial charge in [0.2, 0.25) is 4.96 Å². The van der Waals surface area contributed by atoms with Gasteiger partial charge in [0.25, 0.3) is 0 Å². The van der Waals surface area contributed by atoms with Crippen LogP contribution in [0.25, 0.3) is 15.5 Å². The highest BCUT2D eigenvalue weighted by Crippen LogP contribution is 2.30. The number of benzene rings is 1. The Morgan fingerprint density at radius 3 is 3.05 bits per heavy atom. The van der Waals surface area contributed by atoms with Crippen LogP contribution in [-0.2, 0) is 11.3 Å². The topological polar surface area (TPSA) is 78.3 Å². The molecule has 0 amide bonds. The van der Waals surface area contributed by atoms with Crippen molar-refractivity contribution in [1.29, 1.82) is 0 Å². The SMILES string of the molecule is COCc1nnc2sc(-c3cc(F)ccc3N)nn12. The molecule has 0 bridgehead atoms. The van der Waals surface area contributed by atoms with Crippen LogP contribution in [0.4, 0.5) is 10.1 Å². The molecule has 0 saturated carbocycles.